The molecule has 2 aromatic heterocycles. The van der Waals surface area contributed by atoms with Gasteiger partial charge in [-0.1, -0.05) is 28.1 Å². The highest BCUT2D eigenvalue weighted by atomic mass is 79.9. The summed E-state index contributed by atoms with van der Waals surface area (Å²) in [7, 11) is 0. The Kier molecular flexibility index (Phi) is 3.51. The van der Waals surface area contributed by atoms with Crippen molar-refractivity contribution in [1.82, 2.24) is 9.38 Å². The monoisotopic (exact) mass is 371 g/mol. The average molecular weight is 372 g/mol. The third-order valence-corrected chi connectivity index (χ3v) is 5.85. The number of rotatable bonds is 2. The topological polar surface area (TPSA) is 41.1 Å². The number of benzene rings is 1. The number of nitrogens with zero attached hydrogens (tertiary/aromatic N) is 3. The summed E-state index contributed by atoms with van der Waals surface area (Å²) in [5.74, 6) is 0. The summed E-state index contributed by atoms with van der Waals surface area (Å²) < 4.78 is 3.30. The molecule has 0 bridgehead atoms. The lowest BCUT2D eigenvalue weighted by Gasteiger charge is -2.12. The Balaban J connectivity index is 1.95. The number of imidazole rings is 1. The molecule has 3 nitrogen and oxygen atoms in total. The van der Waals surface area contributed by atoms with E-state index >= 15 is 0 Å². The maximum absolute atomic E-state index is 9.26. The lowest BCUT2D eigenvalue weighted by molar-refractivity contribution is 0.671. The van der Waals surface area contributed by atoms with E-state index in [2.05, 4.69) is 38.5 Å². The first-order valence-electron chi connectivity index (χ1n) is 7.42. The van der Waals surface area contributed by atoms with Gasteiger partial charge in [0.1, 0.15) is 0 Å². The summed E-state index contributed by atoms with van der Waals surface area (Å²) in [4.78, 5) is 7.34. The highest BCUT2D eigenvalue weighted by molar-refractivity contribution is 9.10. The predicted molar refractivity (Wildman–Crippen MR) is 92.2 cm³/mol. The second-order valence-corrected chi connectivity index (χ2v) is 7.52. The van der Waals surface area contributed by atoms with Crippen molar-refractivity contribution in [2.24, 2.45) is 0 Å². The molecule has 5 heteroatoms. The molecule has 0 unspecified atom stereocenters. The maximum Gasteiger partial charge on any atom is 0.194 e. The first-order chi connectivity index (χ1) is 10.8. The molecule has 0 N–H and O–H groups in total. The van der Waals surface area contributed by atoms with Crippen LogP contribution in [0.2, 0.25) is 0 Å². The van der Waals surface area contributed by atoms with Gasteiger partial charge in [-0.15, -0.1) is 11.3 Å². The summed E-state index contributed by atoms with van der Waals surface area (Å²) in [5, 5.41) is 9.26. The molecule has 0 saturated heterocycles. The van der Waals surface area contributed by atoms with Crippen molar-refractivity contribution in [3.05, 3.63) is 45.0 Å². The van der Waals surface area contributed by atoms with E-state index in [1.807, 2.05) is 12.1 Å². The lowest BCUT2D eigenvalue weighted by Crippen LogP contribution is -2.05. The Hall–Kier alpha value is -1.64. The minimum Gasteiger partial charge on any atom is -0.290 e. The fourth-order valence-electron chi connectivity index (χ4n) is 3.17. The zero-order chi connectivity index (χ0) is 15.1. The summed E-state index contributed by atoms with van der Waals surface area (Å²) in [6.07, 6.45) is 5.16. The molecule has 2 heterocycles. The molecule has 0 saturated carbocycles. The number of hydrogen-bond donors (Lipinski definition) is 0. The molecule has 0 atom stereocenters. The molecule has 1 aliphatic rings. The van der Waals surface area contributed by atoms with E-state index in [9.17, 15) is 5.26 Å². The fourth-order valence-corrected chi connectivity index (χ4v) is 4.66. The SMILES string of the molecule is N#CCc1c(-c2ccc(Br)cc2)nc2sc3c(n12)CCCC3. The Labute approximate surface area is 141 Å². The van der Waals surface area contributed by atoms with Crippen LogP contribution in [0.5, 0.6) is 0 Å². The zero-order valence-electron chi connectivity index (χ0n) is 12.0. The van der Waals surface area contributed by atoms with Crippen molar-refractivity contribution >= 4 is 32.2 Å². The molecule has 3 aromatic rings. The van der Waals surface area contributed by atoms with Crippen LogP contribution >= 0.6 is 27.3 Å². The number of thiazole rings is 1. The summed E-state index contributed by atoms with van der Waals surface area (Å²) in [6, 6.07) is 10.5. The van der Waals surface area contributed by atoms with Crippen LogP contribution < -0.4 is 0 Å². The van der Waals surface area contributed by atoms with Crippen LogP contribution in [0.3, 0.4) is 0 Å². The molecule has 0 aliphatic heterocycles. The Morgan fingerprint density at radius 3 is 2.77 bits per heavy atom. The molecule has 0 radical (unpaired) electrons. The quantitative estimate of drug-likeness (QED) is 0.650. The van der Waals surface area contributed by atoms with Crippen molar-refractivity contribution in [3.8, 4) is 17.3 Å². The van der Waals surface area contributed by atoms with Crippen LogP contribution in [0, 0.1) is 11.3 Å². The third-order valence-electron chi connectivity index (χ3n) is 4.18. The largest absolute Gasteiger partial charge is 0.290 e. The first-order valence-corrected chi connectivity index (χ1v) is 9.03. The Bertz CT molecular complexity index is 883. The van der Waals surface area contributed by atoms with E-state index in [4.69, 9.17) is 4.98 Å². The van der Waals surface area contributed by atoms with Crippen molar-refractivity contribution in [1.29, 1.82) is 5.26 Å². The Morgan fingerprint density at radius 1 is 1.23 bits per heavy atom. The van der Waals surface area contributed by atoms with Gasteiger partial charge >= 0.3 is 0 Å². The molecular weight excluding hydrogens is 358 g/mol. The van der Waals surface area contributed by atoms with Crippen LogP contribution in [0.1, 0.15) is 29.1 Å². The molecule has 1 aromatic carbocycles. The van der Waals surface area contributed by atoms with Gasteiger partial charge in [0.2, 0.25) is 0 Å². The molecule has 0 fully saturated rings. The number of aryl methyl sites for hydroxylation is 2. The maximum atomic E-state index is 9.26. The minimum absolute atomic E-state index is 0.399. The van der Waals surface area contributed by atoms with Crippen LogP contribution in [0.25, 0.3) is 16.2 Å². The first kappa shape index (κ1) is 14.0. The lowest BCUT2D eigenvalue weighted by atomic mass is 10.0. The van der Waals surface area contributed by atoms with Gasteiger partial charge in [0.15, 0.2) is 4.96 Å². The molecule has 0 amide bonds. The van der Waals surface area contributed by atoms with Crippen LogP contribution in [-0.4, -0.2) is 9.38 Å². The van der Waals surface area contributed by atoms with E-state index in [0.717, 1.165) is 39.2 Å². The van der Waals surface area contributed by atoms with Gasteiger partial charge in [0.25, 0.3) is 0 Å². The van der Waals surface area contributed by atoms with Gasteiger partial charge in [0.05, 0.1) is 23.9 Å². The van der Waals surface area contributed by atoms with Crippen molar-refractivity contribution in [2.75, 3.05) is 0 Å². The number of hydrogen-bond acceptors (Lipinski definition) is 3. The van der Waals surface area contributed by atoms with Gasteiger partial charge in [-0.25, -0.2) is 4.98 Å². The van der Waals surface area contributed by atoms with Gasteiger partial charge < -0.3 is 0 Å². The standard InChI is InChI=1S/C17H14BrN3S/c18-12-7-5-11(6-8-12)16-14(9-10-19)21-13-3-1-2-4-15(13)22-17(21)20-16/h5-8H,1-4,9H2. The van der Waals surface area contributed by atoms with E-state index < -0.39 is 0 Å². The predicted octanol–water partition coefficient (Wildman–Crippen LogP) is 4.77. The minimum atomic E-state index is 0.399. The zero-order valence-corrected chi connectivity index (χ0v) is 14.4. The van der Waals surface area contributed by atoms with Gasteiger partial charge in [-0.05, 0) is 37.8 Å². The summed E-state index contributed by atoms with van der Waals surface area (Å²) >= 11 is 5.26. The van der Waals surface area contributed by atoms with Gasteiger partial charge in [-0.3, -0.25) is 4.40 Å². The second-order valence-electron chi connectivity index (χ2n) is 5.55. The number of fused-ring (bicyclic) bond motifs is 3. The highest BCUT2D eigenvalue weighted by Crippen LogP contribution is 2.35. The van der Waals surface area contributed by atoms with E-state index in [0.29, 0.717) is 6.42 Å². The van der Waals surface area contributed by atoms with Crippen LogP contribution in [-0.2, 0) is 19.3 Å². The number of nitriles is 1. The van der Waals surface area contributed by atoms with Gasteiger partial charge in [0, 0.05) is 20.6 Å². The van der Waals surface area contributed by atoms with Crippen molar-refractivity contribution in [2.45, 2.75) is 32.1 Å². The van der Waals surface area contributed by atoms with E-state index in [1.54, 1.807) is 11.3 Å². The Morgan fingerprint density at radius 2 is 2.00 bits per heavy atom. The van der Waals surface area contributed by atoms with E-state index in [-0.39, 0.29) is 0 Å². The molecule has 0 spiro atoms. The molecule has 4 rings (SSSR count). The third kappa shape index (κ3) is 2.18. The highest BCUT2D eigenvalue weighted by Gasteiger charge is 2.22. The average Bonchev–Trinajstić information content (AvgIpc) is 3.05. The molecule has 110 valence electrons. The molecular formula is C17H14BrN3S. The molecule has 22 heavy (non-hydrogen) atoms. The van der Waals surface area contributed by atoms with Crippen molar-refractivity contribution in [3.63, 3.8) is 0 Å². The van der Waals surface area contributed by atoms with Gasteiger partial charge in [-0.2, -0.15) is 5.26 Å². The van der Waals surface area contributed by atoms with Crippen LogP contribution in [0.15, 0.2) is 28.7 Å². The summed E-state index contributed by atoms with van der Waals surface area (Å²) in [5.41, 5.74) is 4.45. The normalized spacial score (nSPS) is 14.0. The molecule has 1 aliphatic carbocycles. The van der Waals surface area contributed by atoms with Crippen LogP contribution in [0.4, 0.5) is 0 Å². The van der Waals surface area contributed by atoms with E-state index in [1.165, 1.54) is 23.4 Å². The smallest absolute Gasteiger partial charge is 0.194 e. The fraction of sp³-hybridized carbons (Fsp3) is 0.294. The van der Waals surface area contributed by atoms with Crippen molar-refractivity contribution < 1.29 is 0 Å². The number of halogens is 1. The number of aromatic nitrogens is 2. The second kappa shape index (κ2) is 5.53. The summed E-state index contributed by atoms with van der Waals surface area (Å²) in [6.45, 7) is 0.